The van der Waals surface area contributed by atoms with E-state index in [0.717, 1.165) is 0 Å². The normalized spacial score (nSPS) is 25.9. The number of hydrogen-bond acceptors (Lipinski definition) is 7. The minimum Gasteiger partial charge on any atom is -0.411 e. The van der Waals surface area contributed by atoms with E-state index < -0.39 is 5.60 Å². The van der Waals surface area contributed by atoms with Crippen LogP contribution in [0.4, 0.5) is 0 Å². The van der Waals surface area contributed by atoms with Gasteiger partial charge >= 0.3 is 0 Å². The smallest absolute Gasteiger partial charge is 0.236 e. The molecule has 2 rings (SSSR count). The molecule has 1 aliphatic carbocycles. The summed E-state index contributed by atoms with van der Waals surface area (Å²) < 4.78 is 4.43. The van der Waals surface area contributed by atoms with Gasteiger partial charge in [-0.2, -0.15) is 0 Å². The quantitative estimate of drug-likeness (QED) is 0.283. The summed E-state index contributed by atoms with van der Waals surface area (Å²) in [4.78, 5) is 0.0998. The standard InChI is InChI=1S/C9H12N4O4/c1-5(10)4-9(14)7(11-15)3-2-6-8(9)13(16)17-12-6/h10,14-15H,2-4H2,1H3/b10-5?,11-7+. The molecular formula is C9H12N4O4. The fourth-order valence-corrected chi connectivity index (χ4v) is 2.11. The highest BCUT2D eigenvalue weighted by molar-refractivity contribution is 5.98. The molecule has 0 aliphatic heterocycles. The van der Waals surface area contributed by atoms with Crippen molar-refractivity contribution in [3.8, 4) is 0 Å². The van der Waals surface area contributed by atoms with Gasteiger partial charge in [-0.25, -0.2) is 0 Å². The van der Waals surface area contributed by atoms with E-state index in [0.29, 0.717) is 12.1 Å². The number of hydrogen-bond donors (Lipinski definition) is 3. The van der Waals surface area contributed by atoms with E-state index in [1.54, 1.807) is 0 Å². The van der Waals surface area contributed by atoms with E-state index >= 15 is 0 Å². The second-order valence-corrected chi connectivity index (χ2v) is 4.09. The predicted octanol–water partition coefficient (Wildman–Crippen LogP) is -0.298. The Morgan fingerprint density at radius 1 is 1.71 bits per heavy atom. The van der Waals surface area contributed by atoms with E-state index in [4.69, 9.17) is 10.6 Å². The van der Waals surface area contributed by atoms with Crippen molar-refractivity contribution in [3.05, 3.63) is 16.6 Å². The van der Waals surface area contributed by atoms with Gasteiger partial charge < -0.3 is 20.9 Å². The molecule has 1 atom stereocenters. The minimum atomic E-state index is -1.81. The van der Waals surface area contributed by atoms with Gasteiger partial charge in [0.05, 0.1) is 5.71 Å². The van der Waals surface area contributed by atoms with Crippen LogP contribution in [0.2, 0.25) is 0 Å². The molecular weight excluding hydrogens is 228 g/mol. The van der Waals surface area contributed by atoms with Gasteiger partial charge in [0.1, 0.15) is 0 Å². The Bertz CT molecular complexity index is 495. The lowest BCUT2D eigenvalue weighted by atomic mass is 9.80. The zero-order chi connectivity index (χ0) is 12.6. The summed E-state index contributed by atoms with van der Waals surface area (Å²) in [5.74, 6) is 0. The molecule has 0 saturated carbocycles. The van der Waals surface area contributed by atoms with Crippen molar-refractivity contribution in [2.75, 3.05) is 0 Å². The third-order valence-corrected chi connectivity index (χ3v) is 2.79. The molecule has 1 aromatic heterocycles. The van der Waals surface area contributed by atoms with Crippen molar-refractivity contribution >= 4 is 11.4 Å². The highest BCUT2D eigenvalue weighted by Crippen LogP contribution is 2.33. The maximum absolute atomic E-state index is 11.4. The van der Waals surface area contributed by atoms with Crippen molar-refractivity contribution < 1.29 is 19.8 Å². The first-order valence-electron chi connectivity index (χ1n) is 5.06. The van der Waals surface area contributed by atoms with E-state index in [2.05, 4.69) is 14.9 Å². The Balaban J connectivity index is 2.58. The molecule has 17 heavy (non-hydrogen) atoms. The van der Waals surface area contributed by atoms with Crippen LogP contribution < -0.4 is 4.90 Å². The average Bonchev–Trinajstić information content (AvgIpc) is 2.60. The van der Waals surface area contributed by atoms with Crippen LogP contribution in [0.3, 0.4) is 0 Å². The number of aliphatic hydroxyl groups is 1. The van der Waals surface area contributed by atoms with Crippen molar-refractivity contribution in [1.29, 1.82) is 5.41 Å². The SMILES string of the molecule is CC(=N)CC1(O)/C(=N/O)CCc2no[n+]([O-])c21. The van der Waals surface area contributed by atoms with Gasteiger partial charge in [0, 0.05) is 30.1 Å². The number of nitrogens with one attached hydrogen (secondary N) is 1. The molecule has 0 saturated heterocycles. The topological polar surface area (TPSA) is 130 Å². The van der Waals surface area contributed by atoms with Gasteiger partial charge in [-0.3, -0.25) is 4.63 Å². The molecule has 0 bridgehead atoms. The molecule has 8 nitrogen and oxygen atoms in total. The summed E-state index contributed by atoms with van der Waals surface area (Å²) in [7, 11) is 0. The van der Waals surface area contributed by atoms with Crippen LogP contribution >= 0.6 is 0 Å². The highest BCUT2D eigenvalue weighted by atomic mass is 16.8. The number of rotatable bonds is 2. The molecule has 0 fully saturated rings. The second-order valence-electron chi connectivity index (χ2n) is 4.09. The molecule has 1 aromatic rings. The summed E-state index contributed by atoms with van der Waals surface area (Å²) in [6.07, 6.45) is 0.482. The van der Waals surface area contributed by atoms with E-state index in [-0.39, 0.29) is 34.9 Å². The molecule has 0 spiro atoms. The molecule has 3 N–H and O–H groups in total. The van der Waals surface area contributed by atoms with E-state index in [9.17, 15) is 10.3 Å². The number of fused-ring (bicyclic) bond motifs is 1. The second kappa shape index (κ2) is 3.81. The zero-order valence-corrected chi connectivity index (χ0v) is 9.17. The summed E-state index contributed by atoms with van der Waals surface area (Å²) in [6.45, 7) is 1.49. The Morgan fingerprint density at radius 2 is 2.41 bits per heavy atom. The van der Waals surface area contributed by atoms with E-state index in [1.165, 1.54) is 6.92 Å². The van der Waals surface area contributed by atoms with Crippen molar-refractivity contribution in [3.63, 3.8) is 0 Å². The number of aryl methyl sites for hydroxylation is 1. The van der Waals surface area contributed by atoms with Gasteiger partial charge in [-0.1, -0.05) is 5.16 Å². The van der Waals surface area contributed by atoms with Crippen LogP contribution in [-0.2, 0) is 12.0 Å². The fourth-order valence-electron chi connectivity index (χ4n) is 2.11. The Hall–Kier alpha value is -1.96. The third kappa shape index (κ3) is 1.66. The lowest BCUT2D eigenvalue weighted by Gasteiger charge is -2.28. The summed E-state index contributed by atoms with van der Waals surface area (Å²) in [6, 6.07) is 0. The van der Waals surface area contributed by atoms with Crippen LogP contribution in [0.25, 0.3) is 0 Å². The molecule has 0 aromatic carbocycles. The van der Waals surface area contributed by atoms with Crippen LogP contribution in [0.5, 0.6) is 0 Å². The maximum atomic E-state index is 11.4. The van der Waals surface area contributed by atoms with Crippen molar-refractivity contribution in [1.82, 2.24) is 5.16 Å². The maximum Gasteiger partial charge on any atom is 0.236 e. The number of oxime groups is 1. The molecule has 1 aliphatic rings. The van der Waals surface area contributed by atoms with Crippen LogP contribution in [0, 0.1) is 10.6 Å². The van der Waals surface area contributed by atoms with Gasteiger partial charge in [0.15, 0.2) is 5.60 Å². The van der Waals surface area contributed by atoms with Crippen molar-refractivity contribution in [2.24, 2.45) is 5.16 Å². The van der Waals surface area contributed by atoms with Crippen molar-refractivity contribution in [2.45, 2.75) is 31.8 Å². The van der Waals surface area contributed by atoms with Gasteiger partial charge in [-0.05, 0) is 11.8 Å². The highest BCUT2D eigenvalue weighted by Gasteiger charge is 2.49. The first-order valence-corrected chi connectivity index (χ1v) is 5.06. The van der Waals surface area contributed by atoms with Crippen LogP contribution in [0.15, 0.2) is 9.78 Å². The van der Waals surface area contributed by atoms with Crippen LogP contribution in [-0.4, -0.2) is 26.9 Å². The molecule has 0 amide bonds. The fraction of sp³-hybridized carbons (Fsp3) is 0.556. The zero-order valence-electron chi connectivity index (χ0n) is 9.17. The van der Waals surface area contributed by atoms with Gasteiger partial charge in [0.2, 0.25) is 11.4 Å². The Morgan fingerprint density at radius 3 is 3.00 bits per heavy atom. The van der Waals surface area contributed by atoms with E-state index in [1.807, 2.05) is 0 Å². The number of aromatic nitrogens is 2. The summed E-state index contributed by atoms with van der Waals surface area (Å²) in [5, 5.41) is 44.8. The lowest BCUT2D eigenvalue weighted by molar-refractivity contribution is -0.811. The first-order chi connectivity index (χ1) is 7.99. The Kier molecular flexibility index (Phi) is 2.58. The predicted molar refractivity (Wildman–Crippen MR) is 54.9 cm³/mol. The Labute approximate surface area is 96.2 Å². The molecule has 92 valence electrons. The van der Waals surface area contributed by atoms with Gasteiger partial charge in [0.25, 0.3) is 0 Å². The largest absolute Gasteiger partial charge is 0.411 e. The molecule has 1 heterocycles. The lowest BCUT2D eigenvalue weighted by Crippen LogP contribution is -2.49. The molecule has 0 radical (unpaired) electrons. The third-order valence-electron chi connectivity index (χ3n) is 2.79. The summed E-state index contributed by atoms with van der Waals surface area (Å²) in [5.41, 5.74) is -1.37. The van der Waals surface area contributed by atoms with Gasteiger partial charge in [-0.15, -0.1) is 0 Å². The molecule has 8 heteroatoms. The molecule has 1 unspecified atom stereocenters. The average molecular weight is 240 g/mol. The van der Waals surface area contributed by atoms with Crippen LogP contribution in [0.1, 0.15) is 31.2 Å². The first kappa shape index (κ1) is 11.5. The minimum absolute atomic E-state index is 0.0457. The number of nitrogens with zero attached hydrogens (tertiary/aromatic N) is 3. The summed E-state index contributed by atoms with van der Waals surface area (Å²) >= 11 is 0. The monoisotopic (exact) mass is 240 g/mol.